The highest BCUT2D eigenvalue weighted by Crippen LogP contribution is 2.40. The number of nitrogens with one attached hydrogen (secondary N) is 2. The summed E-state index contributed by atoms with van der Waals surface area (Å²) in [4.78, 5) is 71.5. The third-order valence-electron chi connectivity index (χ3n) is 5.29. The Morgan fingerprint density at radius 3 is 2.43 bits per heavy atom. The van der Waals surface area contributed by atoms with E-state index in [2.05, 4.69) is 10.6 Å². The Morgan fingerprint density at radius 1 is 1.16 bits per heavy atom. The number of nitrogens with zero attached hydrogens (tertiary/aromatic N) is 1. The van der Waals surface area contributed by atoms with Crippen LogP contribution in [0.3, 0.4) is 0 Å². The Kier molecular flexibility index (Phi) is 8.73. The smallest absolute Gasteiger partial charge is 0.411 e. The number of carboxylic acid groups (broad SMARTS) is 2. The van der Waals surface area contributed by atoms with Gasteiger partial charge in [0.2, 0.25) is 5.91 Å². The molecule has 14 nitrogen and oxygen atoms in total. The van der Waals surface area contributed by atoms with Gasteiger partial charge in [0.25, 0.3) is 5.91 Å². The minimum absolute atomic E-state index is 0.0846. The van der Waals surface area contributed by atoms with Crippen LogP contribution in [0.5, 0.6) is 0 Å². The summed E-state index contributed by atoms with van der Waals surface area (Å²) in [6.07, 6.45) is -0.982. The first kappa shape index (κ1) is 27.5. The summed E-state index contributed by atoms with van der Waals surface area (Å²) in [5.41, 5.74) is 6.21. The first-order valence-electron chi connectivity index (χ1n) is 10.8. The molecule has 2 aliphatic heterocycles. The van der Waals surface area contributed by atoms with E-state index in [4.69, 9.17) is 20.3 Å². The highest BCUT2D eigenvalue weighted by molar-refractivity contribution is 8.00. The molecular formula is C22H24N4O10S. The predicted molar refractivity (Wildman–Crippen MR) is 127 cm³/mol. The zero-order valence-electron chi connectivity index (χ0n) is 19.5. The maximum atomic E-state index is 12.7. The monoisotopic (exact) mass is 536 g/mol. The number of carbonyl (C=O) groups excluding carboxylic acids is 4. The minimum Gasteiger partial charge on any atom is -0.480 e. The fourth-order valence-electron chi connectivity index (χ4n) is 3.49. The molecule has 3 atom stereocenters. The largest absolute Gasteiger partial charge is 0.480 e. The van der Waals surface area contributed by atoms with Crippen molar-refractivity contribution >= 4 is 53.3 Å². The molecule has 198 valence electrons. The van der Waals surface area contributed by atoms with E-state index >= 15 is 0 Å². The molecule has 1 fully saturated rings. The molecule has 0 spiro atoms. The van der Waals surface area contributed by atoms with Crippen molar-refractivity contribution in [3.63, 3.8) is 0 Å². The molecule has 3 amide bonds. The molecule has 0 unspecified atom stereocenters. The molecule has 15 heteroatoms. The van der Waals surface area contributed by atoms with Crippen LogP contribution in [-0.4, -0.2) is 87.4 Å². The van der Waals surface area contributed by atoms with Crippen molar-refractivity contribution in [1.29, 1.82) is 0 Å². The van der Waals surface area contributed by atoms with Crippen LogP contribution in [0.25, 0.3) is 0 Å². The Labute approximate surface area is 214 Å². The maximum Gasteiger partial charge on any atom is 0.411 e. The summed E-state index contributed by atoms with van der Waals surface area (Å²) in [5, 5.41) is 22.7. The number of esters is 1. The molecule has 0 aliphatic carbocycles. The number of carbonyl (C=O) groups is 6. The van der Waals surface area contributed by atoms with Gasteiger partial charge in [0.05, 0.1) is 6.42 Å². The lowest BCUT2D eigenvalue weighted by molar-refractivity contribution is -0.151. The van der Waals surface area contributed by atoms with Gasteiger partial charge in [-0.3, -0.25) is 29.4 Å². The number of rotatable bonds is 10. The first-order valence-corrected chi connectivity index (χ1v) is 11.9. The second-order valence-electron chi connectivity index (χ2n) is 8.03. The van der Waals surface area contributed by atoms with Crippen LogP contribution in [0, 0.1) is 0 Å². The van der Waals surface area contributed by atoms with Gasteiger partial charge in [-0.25, -0.2) is 9.59 Å². The summed E-state index contributed by atoms with van der Waals surface area (Å²) in [6, 6.07) is 3.88. The van der Waals surface area contributed by atoms with Crippen molar-refractivity contribution in [2.24, 2.45) is 5.73 Å². The van der Waals surface area contributed by atoms with Gasteiger partial charge >= 0.3 is 24.0 Å². The number of aliphatic carboxylic acids is 2. The van der Waals surface area contributed by atoms with Crippen molar-refractivity contribution in [3.8, 4) is 0 Å². The molecule has 1 saturated heterocycles. The van der Waals surface area contributed by atoms with Crippen LogP contribution in [0.2, 0.25) is 0 Å². The van der Waals surface area contributed by atoms with Gasteiger partial charge in [0, 0.05) is 23.9 Å². The zero-order chi connectivity index (χ0) is 27.3. The van der Waals surface area contributed by atoms with E-state index in [9.17, 15) is 33.9 Å². The molecule has 1 aromatic rings. The highest BCUT2D eigenvalue weighted by atomic mass is 32.2. The Bertz CT molecular complexity index is 1150. The molecule has 2 aliphatic rings. The average Bonchev–Trinajstić information content (AvgIpc) is 2.84. The fourth-order valence-corrected chi connectivity index (χ4v) is 4.82. The van der Waals surface area contributed by atoms with Gasteiger partial charge in [-0.1, -0.05) is 12.1 Å². The predicted octanol–water partition coefficient (Wildman–Crippen LogP) is -0.509. The molecule has 0 bridgehead atoms. The summed E-state index contributed by atoms with van der Waals surface area (Å²) in [5.74, 6) is -4.04. The lowest BCUT2D eigenvalue weighted by atomic mass is 10.0. The third kappa shape index (κ3) is 6.77. The van der Waals surface area contributed by atoms with Gasteiger partial charge < -0.3 is 30.7 Å². The van der Waals surface area contributed by atoms with Crippen molar-refractivity contribution in [1.82, 2.24) is 10.2 Å². The molecule has 37 heavy (non-hydrogen) atoms. The average molecular weight is 537 g/mol. The fraction of sp³-hybridized carbons (Fsp3) is 0.364. The van der Waals surface area contributed by atoms with E-state index in [1.54, 1.807) is 12.1 Å². The normalized spacial score (nSPS) is 19.2. The van der Waals surface area contributed by atoms with Gasteiger partial charge in [0.15, 0.2) is 0 Å². The van der Waals surface area contributed by atoms with Gasteiger partial charge in [-0.15, -0.1) is 11.8 Å². The Morgan fingerprint density at radius 2 is 1.84 bits per heavy atom. The molecule has 6 N–H and O–H groups in total. The number of benzene rings is 1. The molecule has 0 aromatic heterocycles. The second kappa shape index (κ2) is 11.7. The number of carboxylic acids is 2. The number of nitrogens with two attached hydrogens (primary N) is 1. The molecule has 3 rings (SSSR count). The van der Waals surface area contributed by atoms with Crippen molar-refractivity contribution < 1.29 is 48.5 Å². The van der Waals surface area contributed by atoms with Gasteiger partial charge in [-0.2, -0.15) is 0 Å². The van der Waals surface area contributed by atoms with Gasteiger partial charge in [-0.05, 0) is 17.7 Å². The maximum absolute atomic E-state index is 12.7. The Hall–Kier alpha value is -4.11. The molecular weight excluding hydrogens is 512 g/mol. The SMILES string of the molecule is CC(=O)OCC1=C(C(=O)O)N2C(=O)[C@@H](NC(=O)Cc3ccc(NC(=O)OC[C@@H](N)C(=O)O)cc3)[C@H]2SC1. The van der Waals surface area contributed by atoms with Crippen LogP contribution in [0.1, 0.15) is 12.5 Å². The third-order valence-corrected chi connectivity index (χ3v) is 6.63. The van der Waals surface area contributed by atoms with Crippen LogP contribution >= 0.6 is 11.8 Å². The number of hydrogen-bond acceptors (Lipinski definition) is 10. The van der Waals surface area contributed by atoms with E-state index in [1.807, 2.05) is 0 Å². The van der Waals surface area contributed by atoms with E-state index in [0.29, 0.717) is 16.8 Å². The van der Waals surface area contributed by atoms with E-state index in [1.165, 1.54) is 30.8 Å². The van der Waals surface area contributed by atoms with Gasteiger partial charge in [0.1, 0.15) is 36.4 Å². The summed E-state index contributed by atoms with van der Waals surface area (Å²) in [6.45, 7) is 0.447. The summed E-state index contributed by atoms with van der Waals surface area (Å²) >= 11 is 1.25. The number of amides is 3. The number of ether oxygens (including phenoxy) is 2. The lowest BCUT2D eigenvalue weighted by Gasteiger charge is -2.49. The second-order valence-corrected chi connectivity index (χ2v) is 9.14. The number of hydrogen-bond donors (Lipinski definition) is 5. The van der Waals surface area contributed by atoms with Crippen LogP contribution in [-0.2, 0) is 39.9 Å². The number of anilines is 1. The molecule has 1 aromatic carbocycles. The quantitative estimate of drug-likeness (QED) is 0.189. The first-order chi connectivity index (χ1) is 17.5. The van der Waals surface area contributed by atoms with Crippen LogP contribution < -0.4 is 16.4 Å². The summed E-state index contributed by atoms with van der Waals surface area (Å²) in [7, 11) is 0. The van der Waals surface area contributed by atoms with E-state index in [-0.39, 0.29) is 24.5 Å². The van der Waals surface area contributed by atoms with Crippen molar-refractivity contribution in [3.05, 3.63) is 41.1 Å². The topological polar surface area (TPSA) is 215 Å². The van der Waals surface area contributed by atoms with Crippen molar-refractivity contribution in [2.45, 2.75) is 30.8 Å². The molecule has 0 radical (unpaired) electrons. The van der Waals surface area contributed by atoms with E-state index in [0.717, 1.165) is 4.90 Å². The van der Waals surface area contributed by atoms with Crippen molar-refractivity contribution in [2.75, 3.05) is 24.3 Å². The lowest BCUT2D eigenvalue weighted by Crippen LogP contribution is -2.70. The summed E-state index contributed by atoms with van der Waals surface area (Å²) < 4.78 is 9.60. The van der Waals surface area contributed by atoms with E-state index < -0.39 is 59.9 Å². The standard InChI is InChI=1S/C22H24N4O10S/c1-10(27)35-7-12-9-37-19-16(18(29)26(19)17(12)21(32)33)25-15(28)6-11-2-4-13(5-3-11)24-22(34)36-8-14(23)20(30)31/h2-5,14,16,19H,6-9,23H2,1H3,(H,24,34)(H,25,28)(H,30,31)(H,32,33)/t14-,16-,19-/m1/s1. The molecule has 2 heterocycles. The van der Waals surface area contributed by atoms with Crippen LogP contribution in [0.4, 0.5) is 10.5 Å². The van der Waals surface area contributed by atoms with Crippen LogP contribution in [0.15, 0.2) is 35.5 Å². The highest BCUT2D eigenvalue weighted by Gasteiger charge is 2.54. The zero-order valence-corrected chi connectivity index (χ0v) is 20.3. The number of thioether (sulfide) groups is 1. The number of β-lactam (4-membered cyclic amide) rings is 1. The molecule has 0 saturated carbocycles. The Balaban J connectivity index is 1.53. The minimum atomic E-state index is -1.34. The number of fused-ring (bicyclic) bond motifs is 1.